The highest BCUT2D eigenvalue weighted by atomic mass is 79.9. The number of nitrogens with zero attached hydrogens (tertiary/aromatic N) is 3. The zero-order valence-corrected chi connectivity index (χ0v) is 23.2. The maximum absolute atomic E-state index is 15.6. The molecular weight excluding hydrogens is 700 g/mol. The molecule has 1 N–H and O–H groups in total. The van der Waals surface area contributed by atoms with Crippen LogP contribution in [0.1, 0.15) is 32.7 Å². The molecule has 3 rings (SSSR count). The van der Waals surface area contributed by atoms with E-state index < -0.39 is 61.4 Å². The van der Waals surface area contributed by atoms with Crippen LogP contribution in [0.15, 0.2) is 63.8 Å². The molecule has 0 unspecified atom stereocenters. The summed E-state index contributed by atoms with van der Waals surface area (Å²) in [6, 6.07) is 8.27. The van der Waals surface area contributed by atoms with E-state index in [1.54, 1.807) is 0 Å². The van der Waals surface area contributed by atoms with E-state index in [2.05, 4.69) is 42.2 Å². The summed E-state index contributed by atoms with van der Waals surface area (Å²) < 4.78 is 108. The van der Waals surface area contributed by atoms with Crippen molar-refractivity contribution >= 4 is 55.0 Å². The zero-order chi connectivity index (χ0) is 30.8. The fourth-order valence-corrected chi connectivity index (χ4v) is 4.99. The molecule has 41 heavy (non-hydrogen) atoms. The number of hydrogen-bond acceptors (Lipinski definition) is 4. The number of aromatic nitrogens is 1. The third-order valence-corrected chi connectivity index (χ3v) is 6.84. The Morgan fingerprint density at radius 3 is 2.02 bits per heavy atom. The molecule has 0 fully saturated rings. The molecule has 0 aliphatic heterocycles. The second kappa shape index (κ2) is 12.1. The van der Waals surface area contributed by atoms with Crippen LogP contribution in [-0.4, -0.2) is 35.7 Å². The molecule has 3 aromatic rings. The van der Waals surface area contributed by atoms with Gasteiger partial charge in [0.05, 0.1) is 29.4 Å². The van der Waals surface area contributed by atoms with Gasteiger partial charge in [-0.15, -0.1) is 0 Å². The highest BCUT2D eigenvalue weighted by molar-refractivity contribution is 9.11. The maximum atomic E-state index is 15.6. The maximum Gasteiger partial charge on any atom is 0.435 e. The van der Waals surface area contributed by atoms with Crippen LogP contribution >= 0.6 is 31.9 Å². The molecule has 0 spiro atoms. The van der Waals surface area contributed by atoms with Crippen molar-refractivity contribution in [2.45, 2.75) is 24.4 Å². The van der Waals surface area contributed by atoms with Crippen molar-refractivity contribution in [3.63, 3.8) is 0 Å². The average molecular weight is 714 g/mol. The third-order valence-electron chi connectivity index (χ3n) is 5.59. The summed E-state index contributed by atoms with van der Waals surface area (Å²) in [5.74, 6) is -3.15. The quantitative estimate of drug-likeness (QED) is 0.253. The first kappa shape index (κ1) is 31.9. The van der Waals surface area contributed by atoms with Gasteiger partial charge in [-0.25, -0.2) is 8.78 Å². The molecule has 0 saturated heterocycles. The van der Waals surface area contributed by atoms with Gasteiger partial charge in [0, 0.05) is 39.0 Å². The van der Waals surface area contributed by atoms with E-state index in [4.69, 9.17) is 5.26 Å². The van der Waals surface area contributed by atoms with E-state index in [-0.39, 0.29) is 36.3 Å². The highest BCUT2D eigenvalue weighted by Crippen LogP contribution is 2.54. The normalized spacial score (nSPS) is 12.0. The van der Waals surface area contributed by atoms with Gasteiger partial charge in [0.1, 0.15) is 0 Å². The smallest absolute Gasteiger partial charge is 0.320 e. The molecule has 2 aromatic carbocycles. The van der Waals surface area contributed by atoms with Crippen LogP contribution in [0.4, 0.5) is 46.5 Å². The second-order valence-corrected chi connectivity index (χ2v) is 9.87. The standard InChI is InChI=1S/C25H14Br2F8N4O2/c26-16-11-14(23(29,24(30,31)32)25(33,34)35)12-17(27)20(16)38-21(40)15-3-1-4-18(19(15)28)39(10-2-7-36)22(41)13-5-8-37-9-6-13/h1,3-6,8-9,11-12H,2,10H2,(H,38,40). The van der Waals surface area contributed by atoms with E-state index in [9.17, 15) is 40.3 Å². The van der Waals surface area contributed by atoms with Crippen LogP contribution < -0.4 is 10.2 Å². The molecule has 0 radical (unpaired) electrons. The summed E-state index contributed by atoms with van der Waals surface area (Å²) in [7, 11) is 0. The number of alkyl halides is 7. The van der Waals surface area contributed by atoms with Crippen molar-refractivity contribution in [2.24, 2.45) is 0 Å². The molecule has 0 aliphatic rings. The van der Waals surface area contributed by atoms with Gasteiger partial charge in [-0.3, -0.25) is 14.6 Å². The number of hydrogen-bond donors (Lipinski definition) is 1. The SMILES string of the molecule is N#CCCN(C(=O)c1ccncc1)c1cccc(C(=O)Nc2c(Br)cc(C(F)(C(F)(F)F)C(F)(F)F)cc2Br)c1F. The summed E-state index contributed by atoms with van der Waals surface area (Å²) >= 11 is 5.45. The number of carbonyl (C=O) groups excluding carboxylic acids is 2. The van der Waals surface area contributed by atoms with Gasteiger partial charge in [0.25, 0.3) is 11.8 Å². The molecule has 1 heterocycles. The minimum Gasteiger partial charge on any atom is -0.320 e. The lowest BCUT2D eigenvalue weighted by molar-refractivity contribution is -0.348. The first-order valence-electron chi connectivity index (χ1n) is 11.0. The number of carbonyl (C=O) groups is 2. The Bertz CT molecular complexity index is 1470. The first-order valence-corrected chi connectivity index (χ1v) is 12.6. The summed E-state index contributed by atoms with van der Waals surface area (Å²) in [5.41, 5.74) is -8.96. The third kappa shape index (κ3) is 6.35. The Balaban J connectivity index is 2.01. The number of amides is 2. The lowest BCUT2D eigenvalue weighted by Crippen LogP contribution is -2.50. The van der Waals surface area contributed by atoms with Crippen molar-refractivity contribution in [1.29, 1.82) is 5.26 Å². The second-order valence-electron chi connectivity index (χ2n) is 8.16. The number of benzene rings is 2. The Kier molecular flexibility index (Phi) is 9.44. The number of nitriles is 1. The summed E-state index contributed by atoms with van der Waals surface area (Å²) in [4.78, 5) is 30.7. The molecular formula is C25H14Br2F8N4O2. The van der Waals surface area contributed by atoms with Crippen LogP contribution in [0.2, 0.25) is 0 Å². The fraction of sp³-hybridized carbons (Fsp3) is 0.200. The topological polar surface area (TPSA) is 86.1 Å². The summed E-state index contributed by atoms with van der Waals surface area (Å²) in [6.07, 6.45) is -10.3. The summed E-state index contributed by atoms with van der Waals surface area (Å²) in [6.45, 7) is -0.262. The van der Waals surface area contributed by atoms with Gasteiger partial charge in [-0.05, 0) is 68.3 Å². The molecule has 0 aliphatic carbocycles. The molecule has 216 valence electrons. The predicted octanol–water partition coefficient (Wildman–Crippen LogP) is 7.85. The Labute approximate surface area is 243 Å². The van der Waals surface area contributed by atoms with E-state index in [0.717, 1.165) is 17.0 Å². The number of halogens is 10. The minimum absolute atomic E-state index is 0.0989. The monoisotopic (exact) mass is 712 g/mol. The lowest BCUT2D eigenvalue weighted by atomic mass is 9.94. The van der Waals surface area contributed by atoms with Crippen molar-refractivity contribution < 1.29 is 44.7 Å². The van der Waals surface area contributed by atoms with Gasteiger partial charge >= 0.3 is 18.0 Å². The van der Waals surface area contributed by atoms with Crippen LogP contribution in [0.5, 0.6) is 0 Å². The Morgan fingerprint density at radius 1 is 0.951 bits per heavy atom. The van der Waals surface area contributed by atoms with Crippen molar-refractivity contribution in [1.82, 2.24) is 4.98 Å². The lowest BCUT2D eigenvalue weighted by Gasteiger charge is -2.31. The molecule has 1 aromatic heterocycles. The zero-order valence-electron chi connectivity index (χ0n) is 20.0. The number of anilines is 2. The summed E-state index contributed by atoms with van der Waals surface area (Å²) in [5, 5.41) is 11.1. The predicted molar refractivity (Wildman–Crippen MR) is 137 cm³/mol. The van der Waals surface area contributed by atoms with Crippen molar-refractivity contribution in [3.05, 3.63) is 86.3 Å². The van der Waals surface area contributed by atoms with Gasteiger partial charge in [0.15, 0.2) is 5.82 Å². The highest BCUT2D eigenvalue weighted by Gasteiger charge is 2.73. The van der Waals surface area contributed by atoms with Crippen LogP contribution in [-0.2, 0) is 5.67 Å². The van der Waals surface area contributed by atoms with Gasteiger partial charge in [-0.1, -0.05) is 6.07 Å². The van der Waals surface area contributed by atoms with E-state index in [1.165, 1.54) is 30.6 Å². The van der Waals surface area contributed by atoms with Gasteiger partial charge in [-0.2, -0.15) is 31.6 Å². The van der Waals surface area contributed by atoms with E-state index in [1.807, 2.05) is 6.07 Å². The van der Waals surface area contributed by atoms with Crippen molar-refractivity contribution in [2.75, 3.05) is 16.8 Å². The average Bonchev–Trinajstić information content (AvgIpc) is 2.90. The van der Waals surface area contributed by atoms with Crippen LogP contribution in [0.3, 0.4) is 0 Å². The number of nitrogens with one attached hydrogen (secondary N) is 1. The fourth-order valence-electron chi connectivity index (χ4n) is 3.61. The minimum atomic E-state index is -6.37. The van der Waals surface area contributed by atoms with Gasteiger partial charge < -0.3 is 10.2 Å². The molecule has 6 nitrogen and oxygen atoms in total. The van der Waals surface area contributed by atoms with E-state index >= 15 is 4.39 Å². The van der Waals surface area contributed by atoms with Crippen LogP contribution in [0.25, 0.3) is 0 Å². The van der Waals surface area contributed by atoms with Gasteiger partial charge in [0.2, 0.25) is 0 Å². The molecule has 2 amide bonds. The molecule has 0 bridgehead atoms. The van der Waals surface area contributed by atoms with Crippen LogP contribution in [0, 0.1) is 17.1 Å². The first-order chi connectivity index (χ1) is 19.0. The van der Waals surface area contributed by atoms with Crippen molar-refractivity contribution in [3.8, 4) is 6.07 Å². The number of rotatable bonds is 7. The Morgan fingerprint density at radius 2 is 1.51 bits per heavy atom. The Hall–Kier alpha value is -3.58. The molecule has 0 atom stereocenters. The molecule has 16 heteroatoms. The molecule has 0 saturated carbocycles. The number of pyridine rings is 1. The largest absolute Gasteiger partial charge is 0.435 e. The van der Waals surface area contributed by atoms with E-state index in [0.29, 0.717) is 0 Å².